The van der Waals surface area contributed by atoms with Gasteiger partial charge in [0.05, 0.1) is 6.61 Å². The highest BCUT2D eigenvalue weighted by Crippen LogP contribution is 2.52. The lowest BCUT2D eigenvalue weighted by Crippen LogP contribution is -2.40. The topological polar surface area (TPSA) is 21.3 Å². The highest BCUT2D eigenvalue weighted by molar-refractivity contribution is 8.00. The Morgan fingerprint density at radius 1 is 1.53 bits per heavy atom. The predicted molar refractivity (Wildman–Crippen MR) is 82.4 cm³/mol. The summed E-state index contributed by atoms with van der Waals surface area (Å²) in [6.07, 6.45) is 0.988. The van der Waals surface area contributed by atoms with Gasteiger partial charge in [0.25, 0.3) is 0 Å². The van der Waals surface area contributed by atoms with Crippen LogP contribution in [0.25, 0.3) is 0 Å². The molecular formula is C15H20ClNOS. The SMILES string of the molecule is CCNC1c2c(Cl)cc3c(c2CSC1(C)C)OCC3. The van der Waals surface area contributed by atoms with Crippen molar-refractivity contribution >= 4 is 23.4 Å². The molecule has 0 spiro atoms. The zero-order valence-electron chi connectivity index (χ0n) is 11.7. The maximum Gasteiger partial charge on any atom is 0.127 e. The van der Waals surface area contributed by atoms with Crippen LogP contribution in [0, 0.1) is 0 Å². The Hall–Kier alpha value is -0.380. The second kappa shape index (κ2) is 4.87. The number of hydrogen-bond donors (Lipinski definition) is 1. The Labute approximate surface area is 124 Å². The normalized spacial score (nSPS) is 23.7. The smallest absolute Gasteiger partial charge is 0.127 e. The van der Waals surface area contributed by atoms with Gasteiger partial charge < -0.3 is 10.1 Å². The molecule has 3 rings (SSSR count). The van der Waals surface area contributed by atoms with E-state index in [1.807, 2.05) is 11.8 Å². The first-order valence-electron chi connectivity index (χ1n) is 6.89. The van der Waals surface area contributed by atoms with Gasteiger partial charge in [0.1, 0.15) is 5.75 Å². The van der Waals surface area contributed by atoms with Crippen molar-refractivity contribution in [2.24, 2.45) is 0 Å². The van der Waals surface area contributed by atoms with E-state index in [-0.39, 0.29) is 10.8 Å². The van der Waals surface area contributed by atoms with Gasteiger partial charge in [0.2, 0.25) is 0 Å². The Morgan fingerprint density at radius 3 is 3.05 bits per heavy atom. The fourth-order valence-corrected chi connectivity index (χ4v) is 4.61. The van der Waals surface area contributed by atoms with E-state index in [0.717, 1.165) is 36.1 Å². The second-order valence-electron chi connectivity index (χ2n) is 5.72. The summed E-state index contributed by atoms with van der Waals surface area (Å²) in [7, 11) is 0. The van der Waals surface area contributed by atoms with Crippen LogP contribution in [0.4, 0.5) is 0 Å². The molecule has 0 bridgehead atoms. The Bertz CT molecular complexity index is 515. The average Bonchev–Trinajstić information content (AvgIpc) is 2.80. The minimum Gasteiger partial charge on any atom is -0.493 e. The summed E-state index contributed by atoms with van der Waals surface area (Å²) in [5, 5.41) is 4.50. The lowest BCUT2D eigenvalue weighted by molar-refractivity contribution is 0.352. The zero-order valence-corrected chi connectivity index (χ0v) is 13.3. The molecule has 2 aliphatic heterocycles. The number of rotatable bonds is 2. The zero-order chi connectivity index (χ0) is 13.6. The van der Waals surface area contributed by atoms with Gasteiger partial charge in [0, 0.05) is 33.5 Å². The Kier molecular flexibility index (Phi) is 3.48. The summed E-state index contributed by atoms with van der Waals surface area (Å²) < 4.78 is 6.00. The summed E-state index contributed by atoms with van der Waals surface area (Å²) in [6.45, 7) is 8.47. The van der Waals surface area contributed by atoms with E-state index in [9.17, 15) is 0 Å². The third-order valence-corrected chi connectivity index (χ3v) is 5.77. The summed E-state index contributed by atoms with van der Waals surface area (Å²) in [6, 6.07) is 2.40. The molecule has 1 aromatic rings. The van der Waals surface area contributed by atoms with Crippen molar-refractivity contribution in [2.45, 2.75) is 43.7 Å². The van der Waals surface area contributed by atoms with E-state index in [1.54, 1.807) is 0 Å². The monoisotopic (exact) mass is 297 g/mol. The van der Waals surface area contributed by atoms with Gasteiger partial charge >= 0.3 is 0 Å². The molecule has 4 heteroatoms. The third-order valence-electron chi connectivity index (χ3n) is 4.05. The molecule has 0 amide bonds. The molecule has 0 radical (unpaired) electrons. The summed E-state index contributed by atoms with van der Waals surface area (Å²) in [5.41, 5.74) is 3.85. The van der Waals surface area contributed by atoms with Crippen LogP contribution in [0.2, 0.25) is 5.02 Å². The molecule has 0 aromatic heterocycles. The molecule has 1 aromatic carbocycles. The quantitative estimate of drug-likeness (QED) is 0.893. The van der Waals surface area contributed by atoms with Crippen LogP contribution in [0.5, 0.6) is 5.75 Å². The van der Waals surface area contributed by atoms with E-state index in [2.05, 4.69) is 32.2 Å². The molecule has 19 heavy (non-hydrogen) atoms. The van der Waals surface area contributed by atoms with E-state index < -0.39 is 0 Å². The fraction of sp³-hybridized carbons (Fsp3) is 0.600. The highest BCUT2D eigenvalue weighted by Gasteiger charge is 2.40. The van der Waals surface area contributed by atoms with Gasteiger partial charge in [-0.1, -0.05) is 18.5 Å². The minimum atomic E-state index is 0.152. The third kappa shape index (κ3) is 2.16. The van der Waals surface area contributed by atoms with Crippen molar-refractivity contribution in [3.05, 3.63) is 27.8 Å². The molecule has 104 valence electrons. The molecular weight excluding hydrogens is 278 g/mol. The highest BCUT2D eigenvalue weighted by atomic mass is 35.5. The maximum atomic E-state index is 6.58. The first-order valence-corrected chi connectivity index (χ1v) is 8.25. The van der Waals surface area contributed by atoms with E-state index in [0.29, 0.717) is 0 Å². The molecule has 0 saturated heterocycles. The van der Waals surface area contributed by atoms with Gasteiger partial charge in [-0.25, -0.2) is 0 Å². The average molecular weight is 298 g/mol. The van der Waals surface area contributed by atoms with Gasteiger partial charge in [-0.2, -0.15) is 0 Å². The molecule has 0 fully saturated rings. The fourth-order valence-electron chi connectivity index (χ4n) is 3.08. The molecule has 0 aliphatic carbocycles. The summed E-state index contributed by atoms with van der Waals surface area (Å²) >= 11 is 8.56. The van der Waals surface area contributed by atoms with Crippen molar-refractivity contribution in [3.63, 3.8) is 0 Å². The molecule has 2 nitrogen and oxygen atoms in total. The lowest BCUT2D eigenvalue weighted by Gasteiger charge is -2.41. The Balaban J connectivity index is 2.16. The van der Waals surface area contributed by atoms with Crippen LogP contribution < -0.4 is 10.1 Å². The van der Waals surface area contributed by atoms with Crippen LogP contribution in [0.1, 0.15) is 43.5 Å². The number of nitrogens with one attached hydrogen (secondary N) is 1. The van der Waals surface area contributed by atoms with Crippen molar-refractivity contribution < 1.29 is 4.74 Å². The van der Waals surface area contributed by atoms with Crippen molar-refractivity contribution in [1.29, 1.82) is 0 Å². The van der Waals surface area contributed by atoms with E-state index in [4.69, 9.17) is 16.3 Å². The van der Waals surface area contributed by atoms with Crippen LogP contribution >= 0.6 is 23.4 Å². The van der Waals surface area contributed by atoms with Crippen LogP contribution in [0.3, 0.4) is 0 Å². The second-order valence-corrected chi connectivity index (χ2v) is 7.76. The van der Waals surface area contributed by atoms with E-state index in [1.165, 1.54) is 16.7 Å². The number of ether oxygens (including phenoxy) is 1. The van der Waals surface area contributed by atoms with Crippen molar-refractivity contribution in [3.8, 4) is 5.75 Å². The van der Waals surface area contributed by atoms with Gasteiger partial charge in [-0.3, -0.25) is 0 Å². The predicted octanol–water partition coefficient (Wildman–Crippen LogP) is 3.95. The van der Waals surface area contributed by atoms with Gasteiger partial charge in [0.15, 0.2) is 0 Å². The minimum absolute atomic E-state index is 0.152. The number of fused-ring (bicyclic) bond motifs is 3. The number of thioether (sulfide) groups is 1. The van der Waals surface area contributed by atoms with E-state index >= 15 is 0 Å². The van der Waals surface area contributed by atoms with Crippen LogP contribution in [-0.2, 0) is 12.2 Å². The molecule has 1 unspecified atom stereocenters. The lowest BCUT2D eigenvalue weighted by atomic mass is 9.89. The maximum absolute atomic E-state index is 6.58. The molecule has 1 N–H and O–H groups in total. The van der Waals surface area contributed by atoms with Crippen molar-refractivity contribution in [1.82, 2.24) is 5.32 Å². The van der Waals surface area contributed by atoms with Crippen LogP contribution in [-0.4, -0.2) is 17.9 Å². The van der Waals surface area contributed by atoms with Crippen LogP contribution in [0.15, 0.2) is 6.07 Å². The van der Waals surface area contributed by atoms with Crippen molar-refractivity contribution in [2.75, 3.05) is 13.2 Å². The number of hydrogen-bond acceptors (Lipinski definition) is 3. The molecule has 2 heterocycles. The molecule has 2 aliphatic rings. The first kappa shape index (κ1) is 13.6. The van der Waals surface area contributed by atoms with Gasteiger partial charge in [-0.15, -0.1) is 11.8 Å². The number of halogens is 1. The number of benzene rings is 1. The largest absolute Gasteiger partial charge is 0.493 e. The standard InChI is InChI=1S/C15H20ClNOS/c1-4-17-14-12-10(8-19-15(14,2)3)13-9(5-6-18-13)7-11(12)16/h7,14,17H,4-6,8H2,1-3H3. The molecule has 0 saturated carbocycles. The van der Waals surface area contributed by atoms with Gasteiger partial charge in [-0.05, 0) is 37.6 Å². The summed E-state index contributed by atoms with van der Waals surface area (Å²) in [4.78, 5) is 0. The summed E-state index contributed by atoms with van der Waals surface area (Å²) in [5.74, 6) is 2.10. The first-order chi connectivity index (χ1) is 9.04. The molecule has 1 atom stereocenters. The Morgan fingerprint density at radius 2 is 2.32 bits per heavy atom.